The van der Waals surface area contributed by atoms with Crippen molar-refractivity contribution in [2.45, 2.75) is 32.9 Å². The number of fused-ring (bicyclic) bond motifs is 1. The smallest absolute Gasteiger partial charge is 0.126 e. The molecule has 2 N–H and O–H groups in total. The molecule has 4 heteroatoms. The molecular weight excluding hydrogens is 214 g/mol. The van der Waals surface area contributed by atoms with Gasteiger partial charge in [0.05, 0.1) is 24.2 Å². The van der Waals surface area contributed by atoms with Crippen LogP contribution in [0.25, 0.3) is 11.0 Å². The molecule has 4 nitrogen and oxygen atoms in total. The van der Waals surface area contributed by atoms with Crippen molar-refractivity contribution >= 4 is 11.0 Å². The van der Waals surface area contributed by atoms with Crippen molar-refractivity contribution in [1.29, 1.82) is 0 Å². The number of imidazole rings is 1. The maximum absolute atomic E-state index is 5.97. The number of hydrogen-bond donors (Lipinski definition) is 1. The average molecular weight is 233 g/mol. The van der Waals surface area contributed by atoms with E-state index >= 15 is 0 Å². The van der Waals surface area contributed by atoms with E-state index in [1.165, 1.54) is 0 Å². The van der Waals surface area contributed by atoms with Crippen LogP contribution in [0.15, 0.2) is 18.2 Å². The summed E-state index contributed by atoms with van der Waals surface area (Å²) in [5, 5.41) is 0. The van der Waals surface area contributed by atoms with E-state index in [4.69, 9.17) is 10.5 Å². The van der Waals surface area contributed by atoms with Crippen LogP contribution in [0.1, 0.15) is 38.7 Å². The molecule has 0 bridgehead atoms. The number of benzene rings is 1. The van der Waals surface area contributed by atoms with E-state index in [1.54, 1.807) is 7.11 Å². The van der Waals surface area contributed by atoms with Crippen LogP contribution in [0.5, 0.6) is 5.75 Å². The second-order valence-electron chi connectivity index (χ2n) is 4.58. The molecule has 0 spiro atoms. The number of nitrogens with zero attached hydrogens (tertiary/aromatic N) is 2. The van der Waals surface area contributed by atoms with E-state index in [2.05, 4.69) is 23.4 Å². The Kier molecular flexibility index (Phi) is 3.07. The number of nitrogens with two attached hydrogens (primary N) is 1. The average Bonchev–Trinajstić information content (AvgIpc) is 2.66. The molecule has 1 aromatic heterocycles. The molecule has 0 aliphatic carbocycles. The molecule has 0 saturated carbocycles. The van der Waals surface area contributed by atoms with E-state index in [9.17, 15) is 0 Å². The molecule has 17 heavy (non-hydrogen) atoms. The lowest BCUT2D eigenvalue weighted by atomic mass is 10.2. The fraction of sp³-hybridized carbons (Fsp3) is 0.462. The molecule has 1 aromatic carbocycles. The van der Waals surface area contributed by atoms with E-state index in [0.29, 0.717) is 6.04 Å². The number of rotatable bonds is 3. The molecule has 0 radical (unpaired) electrons. The normalized spacial score (nSPS) is 13.3. The highest BCUT2D eigenvalue weighted by molar-refractivity contribution is 5.78. The van der Waals surface area contributed by atoms with Crippen molar-refractivity contribution in [3.63, 3.8) is 0 Å². The molecule has 2 rings (SSSR count). The van der Waals surface area contributed by atoms with Gasteiger partial charge in [0.15, 0.2) is 0 Å². The van der Waals surface area contributed by atoms with E-state index in [-0.39, 0.29) is 6.04 Å². The topological polar surface area (TPSA) is 53.1 Å². The zero-order chi connectivity index (χ0) is 12.6. The summed E-state index contributed by atoms with van der Waals surface area (Å²) in [7, 11) is 1.66. The third-order valence-electron chi connectivity index (χ3n) is 2.85. The van der Waals surface area contributed by atoms with Gasteiger partial charge in [-0.2, -0.15) is 0 Å². The van der Waals surface area contributed by atoms with Crippen LogP contribution in [0, 0.1) is 0 Å². The van der Waals surface area contributed by atoms with Gasteiger partial charge in [-0.25, -0.2) is 4.98 Å². The molecule has 92 valence electrons. The molecule has 0 amide bonds. The Morgan fingerprint density at radius 2 is 2.00 bits per heavy atom. The standard InChI is InChI=1S/C13H19N3O/c1-8(2)16-12-6-5-10(17-4)7-11(12)15-13(16)9(3)14/h5-9H,14H2,1-4H3. The van der Waals surface area contributed by atoms with Gasteiger partial charge in [-0.3, -0.25) is 0 Å². The summed E-state index contributed by atoms with van der Waals surface area (Å²) in [4.78, 5) is 4.60. The van der Waals surface area contributed by atoms with Crippen LogP contribution in [0.3, 0.4) is 0 Å². The van der Waals surface area contributed by atoms with Crippen molar-refractivity contribution in [3.05, 3.63) is 24.0 Å². The first kappa shape index (κ1) is 11.9. The summed E-state index contributed by atoms with van der Waals surface area (Å²) in [6.07, 6.45) is 0. The Morgan fingerprint density at radius 3 is 2.53 bits per heavy atom. The summed E-state index contributed by atoms with van der Waals surface area (Å²) in [6, 6.07) is 6.20. The Balaban J connectivity index is 2.70. The van der Waals surface area contributed by atoms with Crippen LogP contribution in [-0.4, -0.2) is 16.7 Å². The second-order valence-corrected chi connectivity index (χ2v) is 4.58. The first-order chi connectivity index (χ1) is 8.04. The third-order valence-corrected chi connectivity index (χ3v) is 2.85. The first-order valence-electron chi connectivity index (χ1n) is 5.86. The van der Waals surface area contributed by atoms with Gasteiger partial charge in [0, 0.05) is 12.1 Å². The Morgan fingerprint density at radius 1 is 1.29 bits per heavy atom. The maximum atomic E-state index is 5.97. The lowest BCUT2D eigenvalue weighted by Gasteiger charge is -2.14. The number of ether oxygens (including phenoxy) is 1. The highest BCUT2D eigenvalue weighted by Crippen LogP contribution is 2.26. The highest BCUT2D eigenvalue weighted by Gasteiger charge is 2.16. The minimum Gasteiger partial charge on any atom is -0.497 e. The van der Waals surface area contributed by atoms with Gasteiger partial charge in [0.25, 0.3) is 0 Å². The fourth-order valence-corrected chi connectivity index (χ4v) is 2.09. The van der Waals surface area contributed by atoms with Gasteiger partial charge in [-0.1, -0.05) is 0 Å². The lowest BCUT2D eigenvalue weighted by Crippen LogP contribution is -2.14. The lowest BCUT2D eigenvalue weighted by molar-refractivity contribution is 0.415. The van der Waals surface area contributed by atoms with Gasteiger partial charge >= 0.3 is 0 Å². The molecule has 1 unspecified atom stereocenters. The fourth-order valence-electron chi connectivity index (χ4n) is 2.09. The molecule has 0 saturated heterocycles. The van der Waals surface area contributed by atoms with Crippen LogP contribution >= 0.6 is 0 Å². The van der Waals surface area contributed by atoms with E-state index in [1.807, 2.05) is 25.1 Å². The van der Waals surface area contributed by atoms with E-state index in [0.717, 1.165) is 22.6 Å². The molecule has 0 fully saturated rings. The SMILES string of the molecule is COc1ccc2c(c1)nc(C(C)N)n2C(C)C. The van der Waals surface area contributed by atoms with Crippen LogP contribution in [0.2, 0.25) is 0 Å². The molecule has 1 heterocycles. The number of aromatic nitrogens is 2. The zero-order valence-corrected chi connectivity index (χ0v) is 10.8. The number of hydrogen-bond acceptors (Lipinski definition) is 3. The van der Waals surface area contributed by atoms with Gasteiger partial charge < -0.3 is 15.0 Å². The Labute approximate surface area is 101 Å². The van der Waals surface area contributed by atoms with Crippen LogP contribution in [-0.2, 0) is 0 Å². The second kappa shape index (κ2) is 4.37. The predicted octanol–water partition coefficient (Wildman–Crippen LogP) is 2.65. The quantitative estimate of drug-likeness (QED) is 0.886. The number of methoxy groups -OCH3 is 1. The monoisotopic (exact) mass is 233 g/mol. The Hall–Kier alpha value is -1.55. The summed E-state index contributed by atoms with van der Waals surface area (Å²) in [5.74, 6) is 1.74. The van der Waals surface area contributed by atoms with Crippen molar-refractivity contribution in [2.24, 2.45) is 5.73 Å². The van der Waals surface area contributed by atoms with Gasteiger partial charge in [0.2, 0.25) is 0 Å². The molecule has 2 aromatic rings. The van der Waals surface area contributed by atoms with Crippen LogP contribution in [0.4, 0.5) is 0 Å². The molecule has 0 aliphatic rings. The minimum absolute atomic E-state index is 0.0733. The van der Waals surface area contributed by atoms with Crippen molar-refractivity contribution in [2.75, 3.05) is 7.11 Å². The van der Waals surface area contributed by atoms with Crippen LogP contribution < -0.4 is 10.5 Å². The van der Waals surface area contributed by atoms with E-state index < -0.39 is 0 Å². The van der Waals surface area contributed by atoms with Gasteiger partial charge in [0.1, 0.15) is 11.6 Å². The van der Waals surface area contributed by atoms with Crippen molar-refractivity contribution in [1.82, 2.24) is 9.55 Å². The zero-order valence-electron chi connectivity index (χ0n) is 10.8. The Bertz CT molecular complexity index is 529. The summed E-state index contributed by atoms with van der Waals surface area (Å²) < 4.78 is 7.39. The maximum Gasteiger partial charge on any atom is 0.126 e. The first-order valence-corrected chi connectivity index (χ1v) is 5.86. The summed E-state index contributed by atoms with van der Waals surface area (Å²) >= 11 is 0. The van der Waals surface area contributed by atoms with Crippen molar-refractivity contribution in [3.8, 4) is 5.75 Å². The molecule has 0 aliphatic heterocycles. The highest BCUT2D eigenvalue weighted by atomic mass is 16.5. The largest absolute Gasteiger partial charge is 0.497 e. The summed E-state index contributed by atoms with van der Waals surface area (Å²) in [5.41, 5.74) is 8.01. The molecular formula is C13H19N3O. The van der Waals surface area contributed by atoms with Gasteiger partial charge in [-0.15, -0.1) is 0 Å². The minimum atomic E-state index is -0.0733. The third kappa shape index (κ3) is 2.00. The van der Waals surface area contributed by atoms with Gasteiger partial charge in [-0.05, 0) is 32.9 Å². The van der Waals surface area contributed by atoms with Crippen molar-refractivity contribution < 1.29 is 4.74 Å². The predicted molar refractivity (Wildman–Crippen MR) is 69.3 cm³/mol. The summed E-state index contributed by atoms with van der Waals surface area (Å²) in [6.45, 7) is 6.23. The molecule has 1 atom stereocenters.